The summed E-state index contributed by atoms with van der Waals surface area (Å²) in [4.78, 5) is 26.1. The van der Waals surface area contributed by atoms with Crippen molar-refractivity contribution in [2.75, 3.05) is 19.6 Å². The summed E-state index contributed by atoms with van der Waals surface area (Å²) < 4.78 is 5.66. The van der Waals surface area contributed by atoms with Crippen molar-refractivity contribution < 1.29 is 14.3 Å². The van der Waals surface area contributed by atoms with Crippen LogP contribution in [0.4, 0.5) is 0 Å². The first kappa shape index (κ1) is 21.4. The lowest BCUT2D eigenvalue weighted by molar-refractivity contribution is -0.124. The van der Waals surface area contributed by atoms with Crippen LogP contribution in [0.15, 0.2) is 24.3 Å². The molecule has 0 aliphatic carbocycles. The molecule has 7 heteroatoms. The van der Waals surface area contributed by atoms with Crippen LogP contribution in [0.3, 0.4) is 0 Å². The molecule has 0 spiro atoms. The number of carbonyl (C=O) groups excluding carboxylic acids is 2. The van der Waals surface area contributed by atoms with Crippen LogP contribution < -0.4 is 11.1 Å². The zero-order chi connectivity index (χ0) is 17.7. The molecule has 1 aliphatic heterocycles. The van der Waals surface area contributed by atoms with Crippen molar-refractivity contribution in [3.63, 3.8) is 0 Å². The maximum absolute atomic E-state index is 12.6. The van der Waals surface area contributed by atoms with Gasteiger partial charge in [-0.3, -0.25) is 9.59 Å². The Morgan fingerprint density at radius 2 is 1.80 bits per heavy atom. The third-order valence-electron chi connectivity index (χ3n) is 4.18. The Hall–Kier alpha value is -1.63. The minimum absolute atomic E-state index is 0. The summed E-state index contributed by atoms with van der Waals surface area (Å²) >= 11 is 0. The lowest BCUT2D eigenvalue weighted by atomic mass is 10.1. The van der Waals surface area contributed by atoms with Gasteiger partial charge >= 0.3 is 0 Å². The topological polar surface area (TPSA) is 84.7 Å². The third-order valence-corrected chi connectivity index (χ3v) is 4.18. The van der Waals surface area contributed by atoms with Crippen molar-refractivity contribution in [1.82, 2.24) is 10.2 Å². The zero-order valence-corrected chi connectivity index (χ0v) is 15.8. The fourth-order valence-electron chi connectivity index (χ4n) is 2.76. The minimum Gasteiger partial charge on any atom is -0.372 e. The van der Waals surface area contributed by atoms with Crippen molar-refractivity contribution in [2.45, 2.75) is 39.5 Å². The standard InChI is InChI=1S/C18H27N3O3.ClH/c1-12(8-19)17(22)20-9-15-4-6-16(7-5-15)18(23)21-10-13(2)24-14(3)11-21;/h4-7,12-14H,8-11,19H2,1-3H3,(H,20,22);1H. The Labute approximate surface area is 155 Å². The molecule has 0 radical (unpaired) electrons. The van der Waals surface area contributed by atoms with E-state index in [0.29, 0.717) is 31.7 Å². The highest BCUT2D eigenvalue weighted by molar-refractivity contribution is 5.94. The molecule has 1 heterocycles. The van der Waals surface area contributed by atoms with Crippen LogP contribution in [0.25, 0.3) is 0 Å². The highest BCUT2D eigenvalue weighted by Crippen LogP contribution is 2.15. The van der Waals surface area contributed by atoms with Crippen molar-refractivity contribution in [3.8, 4) is 0 Å². The number of nitrogens with one attached hydrogen (secondary N) is 1. The lowest BCUT2D eigenvalue weighted by Gasteiger charge is -2.35. The summed E-state index contributed by atoms with van der Waals surface area (Å²) in [6.45, 7) is 7.73. The molecular formula is C18H28ClN3O3. The fourth-order valence-corrected chi connectivity index (χ4v) is 2.76. The number of nitrogens with two attached hydrogens (primary N) is 1. The molecule has 2 amide bonds. The second-order valence-electron chi connectivity index (χ2n) is 6.52. The van der Waals surface area contributed by atoms with Gasteiger partial charge in [0.1, 0.15) is 0 Å². The number of hydrogen-bond donors (Lipinski definition) is 2. The molecule has 0 bridgehead atoms. The van der Waals surface area contributed by atoms with Gasteiger partial charge in [-0.25, -0.2) is 0 Å². The number of morpholine rings is 1. The number of ether oxygens (including phenoxy) is 1. The maximum Gasteiger partial charge on any atom is 0.254 e. The monoisotopic (exact) mass is 369 g/mol. The van der Waals surface area contributed by atoms with Crippen molar-refractivity contribution in [1.29, 1.82) is 0 Å². The summed E-state index contributed by atoms with van der Waals surface area (Å²) in [6.07, 6.45) is 0.105. The summed E-state index contributed by atoms with van der Waals surface area (Å²) in [5.41, 5.74) is 7.08. The highest BCUT2D eigenvalue weighted by Gasteiger charge is 2.26. The van der Waals surface area contributed by atoms with Gasteiger partial charge in [-0.1, -0.05) is 19.1 Å². The molecule has 3 unspecified atom stereocenters. The second-order valence-corrected chi connectivity index (χ2v) is 6.52. The summed E-state index contributed by atoms with van der Waals surface area (Å²) in [7, 11) is 0. The van der Waals surface area contributed by atoms with Crippen LogP contribution in [0.2, 0.25) is 0 Å². The highest BCUT2D eigenvalue weighted by atomic mass is 35.5. The number of hydrogen-bond acceptors (Lipinski definition) is 4. The van der Waals surface area contributed by atoms with Gasteiger partial charge in [-0.05, 0) is 31.5 Å². The minimum atomic E-state index is -0.198. The molecule has 3 atom stereocenters. The molecule has 3 N–H and O–H groups in total. The van der Waals surface area contributed by atoms with E-state index in [4.69, 9.17) is 10.5 Å². The molecule has 1 saturated heterocycles. The van der Waals surface area contributed by atoms with Gasteiger partial charge in [-0.2, -0.15) is 0 Å². The molecular weight excluding hydrogens is 342 g/mol. The second kappa shape index (κ2) is 9.75. The number of carbonyl (C=O) groups is 2. The molecule has 1 aromatic carbocycles. The van der Waals surface area contributed by atoms with Gasteiger partial charge in [0.25, 0.3) is 5.91 Å². The normalized spacial score (nSPS) is 21.2. The van der Waals surface area contributed by atoms with E-state index in [9.17, 15) is 9.59 Å². The Morgan fingerprint density at radius 3 is 2.32 bits per heavy atom. The van der Waals surface area contributed by atoms with Gasteiger partial charge < -0.3 is 20.7 Å². The number of rotatable bonds is 5. The molecule has 0 saturated carbocycles. The predicted molar refractivity (Wildman–Crippen MR) is 99.7 cm³/mol. The van der Waals surface area contributed by atoms with Crippen LogP contribution in [0, 0.1) is 5.92 Å². The van der Waals surface area contributed by atoms with E-state index < -0.39 is 0 Å². The van der Waals surface area contributed by atoms with Crippen LogP contribution in [0.5, 0.6) is 0 Å². The third kappa shape index (κ3) is 5.99. The van der Waals surface area contributed by atoms with Crippen LogP contribution >= 0.6 is 12.4 Å². The molecule has 1 fully saturated rings. The van der Waals surface area contributed by atoms with E-state index in [2.05, 4.69) is 5.32 Å². The Balaban J connectivity index is 0.00000312. The first-order chi connectivity index (χ1) is 11.4. The van der Waals surface area contributed by atoms with E-state index in [1.165, 1.54) is 0 Å². The van der Waals surface area contributed by atoms with Gasteiger partial charge in [-0.15, -0.1) is 12.4 Å². The number of amides is 2. The predicted octanol–water partition coefficient (Wildman–Crippen LogP) is 1.57. The van der Waals surface area contributed by atoms with Crippen LogP contribution in [-0.4, -0.2) is 48.6 Å². The largest absolute Gasteiger partial charge is 0.372 e. The van der Waals surface area contributed by atoms with E-state index in [1.54, 1.807) is 19.1 Å². The van der Waals surface area contributed by atoms with Crippen molar-refractivity contribution >= 4 is 24.2 Å². The quantitative estimate of drug-likeness (QED) is 0.825. The van der Waals surface area contributed by atoms with E-state index in [0.717, 1.165) is 5.56 Å². The number of benzene rings is 1. The van der Waals surface area contributed by atoms with Crippen LogP contribution in [-0.2, 0) is 16.1 Å². The van der Waals surface area contributed by atoms with Gasteiger partial charge in [0.15, 0.2) is 0 Å². The number of halogens is 1. The van der Waals surface area contributed by atoms with Gasteiger partial charge in [0.05, 0.1) is 12.2 Å². The first-order valence-corrected chi connectivity index (χ1v) is 8.42. The molecule has 0 aromatic heterocycles. The maximum atomic E-state index is 12.6. The SMILES string of the molecule is CC1CN(C(=O)c2ccc(CNC(=O)C(C)CN)cc2)CC(C)O1.Cl. The Bertz CT molecular complexity index is 569. The van der Waals surface area contributed by atoms with E-state index in [1.807, 2.05) is 30.9 Å². The molecule has 25 heavy (non-hydrogen) atoms. The molecule has 6 nitrogen and oxygen atoms in total. The van der Waals surface area contributed by atoms with E-state index in [-0.39, 0.29) is 42.3 Å². The average molecular weight is 370 g/mol. The Morgan fingerprint density at radius 1 is 1.24 bits per heavy atom. The summed E-state index contributed by atoms with van der Waals surface area (Å²) in [5, 5.41) is 2.84. The first-order valence-electron chi connectivity index (χ1n) is 8.42. The van der Waals surface area contributed by atoms with Crippen LogP contribution in [0.1, 0.15) is 36.7 Å². The van der Waals surface area contributed by atoms with Crippen molar-refractivity contribution in [3.05, 3.63) is 35.4 Å². The number of nitrogens with zero attached hydrogens (tertiary/aromatic N) is 1. The summed E-state index contributed by atoms with van der Waals surface area (Å²) in [6, 6.07) is 7.35. The molecule has 1 aliphatic rings. The molecule has 140 valence electrons. The lowest BCUT2D eigenvalue weighted by Crippen LogP contribution is -2.48. The smallest absolute Gasteiger partial charge is 0.254 e. The van der Waals surface area contributed by atoms with Gasteiger partial charge in [0, 0.05) is 37.7 Å². The van der Waals surface area contributed by atoms with Crippen molar-refractivity contribution in [2.24, 2.45) is 11.7 Å². The average Bonchev–Trinajstić information content (AvgIpc) is 2.57. The van der Waals surface area contributed by atoms with E-state index >= 15 is 0 Å². The van der Waals surface area contributed by atoms with Gasteiger partial charge in [0.2, 0.25) is 5.91 Å². The molecule has 1 aromatic rings. The summed E-state index contributed by atoms with van der Waals surface area (Å²) in [5.74, 6) is -0.241. The fraction of sp³-hybridized carbons (Fsp3) is 0.556. The molecule has 2 rings (SSSR count). The zero-order valence-electron chi connectivity index (χ0n) is 15.0. The Kier molecular flexibility index (Phi) is 8.35.